The Bertz CT molecular complexity index is 2060. The largest absolute Gasteiger partial charge is 0.472 e. The molecule has 0 amide bonds. The average Bonchev–Trinajstić information content (AvgIpc) is 1.11. The number of rotatable bonds is 73. The number of carbonyl (C=O) groups excluding carboxylic acids is 4. The Balaban J connectivity index is 5.27. The third-order valence-electron chi connectivity index (χ3n) is 16.5. The molecule has 0 aromatic rings. The second-order valence-electron chi connectivity index (χ2n) is 25.9. The molecule has 0 spiro atoms. The number of aliphatic hydroxyl groups excluding tert-OH is 1. The highest BCUT2D eigenvalue weighted by Gasteiger charge is 2.30. The number of esters is 4. The summed E-state index contributed by atoms with van der Waals surface area (Å²) in [6, 6.07) is 0. The molecule has 17 nitrogen and oxygen atoms in total. The van der Waals surface area contributed by atoms with Crippen molar-refractivity contribution in [2.45, 2.75) is 367 Å². The van der Waals surface area contributed by atoms with Crippen molar-refractivity contribution in [3.8, 4) is 0 Å². The van der Waals surface area contributed by atoms with Crippen LogP contribution in [0.15, 0.2) is 60.8 Å². The third-order valence-corrected chi connectivity index (χ3v) is 18.4. The fourth-order valence-electron chi connectivity index (χ4n) is 10.6. The predicted octanol–water partition coefficient (Wildman–Crippen LogP) is 21.9. The number of phosphoric ester groups is 2. The van der Waals surface area contributed by atoms with E-state index < -0.39 is 97.5 Å². The summed E-state index contributed by atoms with van der Waals surface area (Å²) in [5.41, 5.74) is 0. The van der Waals surface area contributed by atoms with E-state index in [1.54, 1.807) is 0 Å². The van der Waals surface area contributed by atoms with Crippen LogP contribution in [-0.4, -0.2) is 96.7 Å². The summed E-state index contributed by atoms with van der Waals surface area (Å²) in [6.07, 6.45) is 67.8. The lowest BCUT2D eigenvalue weighted by molar-refractivity contribution is -0.161. The second-order valence-corrected chi connectivity index (χ2v) is 28.8. The molecule has 0 aromatic carbocycles. The normalized spacial score (nSPS) is 14.3. The van der Waals surface area contributed by atoms with Crippen molar-refractivity contribution in [2.24, 2.45) is 0 Å². The van der Waals surface area contributed by atoms with Crippen LogP contribution in [0.2, 0.25) is 0 Å². The Hall–Kier alpha value is -3.24. The topological polar surface area (TPSA) is 237 Å². The fourth-order valence-corrected chi connectivity index (χ4v) is 12.2. The number of hydrogen-bond donors (Lipinski definition) is 3. The van der Waals surface area contributed by atoms with E-state index in [2.05, 4.69) is 88.5 Å². The highest BCUT2D eigenvalue weighted by molar-refractivity contribution is 7.47. The quantitative estimate of drug-likeness (QED) is 0.0169. The monoisotopic (exact) mass is 1400 g/mol. The van der Waals surface area contributed by atoms with E-state index in [-0.39, 0.29) is 25.7 Å². The first-order valence-corrected chi connectivity index (χ1v) is 41.5. The van der Waals surface area contributed by atoms with Crippen LogP contribution in [0, 0.1) is 0 Å². The summed E-state index contributed by atoms with van der Waals surface area (Å²) in [5, 5.41) is 10.6. The maximum atomic E-state index is 13.1. The minimum Gasteiger partial charge on any atom is -0.462 e. The molecule has 0 aliphatic rings. The molecule has 5 unspecified atom stereocenters. The molecular formula is C77H140O17P2. The first-order chi connectivity index (χ1) is 46.7. The molecule has 560 valence electrons. The van der Waals surface area contributed by atoms with Crippen LogP contribution in [0.1, 0.15) is 349 Å². The molecule has 0 radical (unpaired) electrons. The molecule has 0 bridgehead atoms. The molecule has 0 aliphatic carbocycles. The summed E-state index contributed by atoms with van der Waals surface area (Å²) >= 11 is 0. The summed E-state index contributed by atoms with van der Waals surface area (Å²) in [7, 11) is -9.93. The van der Waals surface area contributed by atoms with Crippen molar-refractivity contribution >= 4 is 39.5 Å². The van der Waals surface area contributed by atoms with Crippen LogP contribution in [-0.2, 0) is 65.4 Å². The number of phosphoric acid groups is 2. The number of carbonyl (C=O) groups is 4. The molecule has 3 N–H and O–H groups in total. The SMILES string of the molecule is CC/C=C\C/C=C\C/C=C\C/C=C\CCCCCCCCC(=O)OCC(COP(=O)(O)OCC(O)COP(=O)(O)OCC(COC(=O)CCCCCCCCCCCCCCC)OC(=O)CCCCCCCCCCCCCCC)OC(=O)CCCCCCC/C=C\CCCC. The lowest BCUT2D eigenvalue weighted by Crippen LogP contribution is -2.30. The van der Waals surface area contributed by atoms with E-state index in [9.17, 15) is 43.2 Å². The maximum Gasteiger partial charge on any atom is 0.472 e. The van der Waals surface area contributed by atoms with Gasteiger partial charge in [0.1, 0.15) is 19.3 Å². The van der Waals surface area contributed by atoms with Crippen molar-refractivity contribution in [2.75, 3.05) is 39.6 Å². The lowest BCUT2D eigenvalue weighted by Gasteiger charge is -2.21. The smallest absolute Gasteiger partial charge is 0.462 e. The van der Waals surface area contributed by atoms with Crippen LogP contribution < -0.4 is 0 Å². The van der Waals surface area contributed by atoms with E-state index in [0.717, 1.165) is 148 Å². The second kappa shape index (κ2) is 70.2. The molecule has 0 rings (SSSR count). The van der Waals surface area contributed by atoms with Gasteiger partial charge in [-0.3, -0.25) is 37.3 Å². The van der Waals surface area contributed by atoms with Gasteiger partial charge in [-0.25, -0.2) is 9.13 Å². The van der Waals surface area contributed by atoms with Gasteiger partial charge in [0.15, 0.2) is 12.2 Å². The molecule has 0 fully saturated rings. The number of allylic oxidation sites excluding steroid dienone is 10. The number of unbranched alkanes of at least 4 members (excludes halogenated alkanes) is 37. The van der Waals surface area contributed by atoms with Crippen molar-refractivity contribution in [1.82, 2.24) is 0 Å². The standard InChI is InChI=1S/C77H140O17P2/c1-5-9-13-17-21-25-29-32-33-34-35-36-37-40-43-46-50-54-58-62-75(80)88-67-72(93-76(81)63-59-55-51-47-41-28-24-20-16-12-8-4)69-91-95(83,84)89-65-71(78)66-90-96(85,86)92-70-73(94-77(82)64-60-56-52-48-44-39-31-27-23-19-15-11-7-3)68-87-74(79)61-57-53-49-45-42-38-30-26-22-18-14-10-6-2/h9,13,20-21,24-25,32-33,35-36,71-73,78H,5-8,10-12,14-19,22-23,26-31,34,37-70H2,1-4H3,(H,83,84)(H,85,86)/b13-9-,24-20-,25-21-,33-32-,36-35-. The summed E-state index contributed by atoms with van der Waals surface area (Å²) in [5.74, 6) is -2.17. The predicted molar refractivity (Wildman–Crippen MR) is 390 cm³/mol. The van der Waals surface area contributed by atoms with Crippen LogP contribution in [0.3, 0.4) is 0 Å². The molecule has 19 heteroatoms. The summed E-state index contributed by atoms with van der Waals surface area (Å²) in [6.45, 7) is 4.75. The van der Waals surface area contributed by atoms with E-state index in [0.29, 0.717) is 25.7 Å². The lowest BCUT2D eigenvalue weighted by atomic mass is 10.0. The van der Waals surface area contributed by atoms with E-state index in [4.69, 9.17) is 37.0 Å². The van der Waals surface area contributed by atoms with Gasteiger partial charge in [-0.1, -0.05) is 300 Å². The van der Waals surface area contributed by atoms with Gasteiger partial charge in [0.05, 0.1) is 26.4 Å². The Morgan fingerprint density at radius 3 is 0.875 bits per heavy atom. The van der Waals surface area contributed by atoms with Crippen molar-refractivity contribution < 1.29 is 80.2 Å². The van der Waals surface area contributed by atoms with Gasteiger partial charge < -0.3 is 33.8 Å². The Kier molecular flexibility index (Phi) is 67.8. The summed E-state index contributed by atoms with van der Waals surface area (Å²) in [4.78, 5) is 72.8. The van der Waals surface area contributed by atoms with E-state index in [1.165, 1.54) is 122 Å². The zero-order valence-corrected chi connectivity index (χ0v) is 62.8. The maximum absolute atomic E-state index is 13.1. The Morgan fingerprint density at radius 2 is 0.552 bits per heavy atom. The molecule has 0 aliphatic heterocycles. The van der Waals surface area contributed by atoms with Crippen molar-refractivity contribution in [3.63, 3.8) is 0 Å². The highest BCUT2D eigenvalue weighted by Crippen LogP contribution is 2.45. The molecule has 96 heavy (non-hydrogen) atoms. The van der Waals surface area contributed by atoms with Crippen molar-refractivity contribution in [3.05, 3.63) is 60.8 Å². The van der Waals surface area contributed by atoms with E-state index in [1.807, 2.05) is 0 Å². The van der Waals surface area contributed by atoms with Gasteiger partial charge in [-0.2, -0.15) is 0 Å². The van der Waals surface area contributed by atoms with Crippen molar-refractivity contribution in [1.29, 1.82) is 0 Å². The third kappa shape index (κ3) is 69.2. The molecule has 0 saturated heterocycles. The molecule has 0 heterocycles. The molecule has 0 saturated carbocycles. The molecular weight excluding hydrogens is 1260 g/mol. The average molecular weight is 1400 g/mol. The first-order valence-electron chi connectivity index (χ1n) is 38.5. The number of hydrogen-bond acceptors (Lipinski definition) is 15. The van der Waals surface area contributed by atoms with E-state index >= 15 is 0 Å². The zero-order chi connectivity index (χ0) is 70.4. The van der Waals surface area contributed by atoms with Crippen LogP contribution in [0.5, 0.6) is 0 Å². The fraction of sp³-hybridized carbons (Fsp3) is 0.818. The van der Waals surface area contributed by atoms with Crippen LogP contribution in [0.25, 0.3) is 0 Å². The van der Waals surface area contributed by atoms with Gasteiger partial charge in [-0.15, -0.1) is 0 Å². The number of ether oxygens (including phenoxy) is 4. The first kappa shape index (κ1) is 92.8. The van der Waals surface area contributed by atoms with Gasteiger partial charge >= 0.3 is 39.5 Å². The van der Waals surface area contributed by atoms with Gasteiger partial charge in [0.2, 0.25) is 0 Å². The zero-order valence-electron chi connectivity index (χ0n) is 61.1. The van der Waals surface area contributed by atoms with Crippen LogP contribution >= 0.6 is 15.6 Å². The highest BCUT2D eigenvalue weighted by atomic mass is 31.2. The van der Waals surface area contributed by atoms with Gasteiger partial charge in [-0.05, 0) is 83.5 Å². The Morgan fingerprint density at radius 1 is 0.302 bits per heavy atom. The molecule has 0 aromatic heterocycles. The summed E-state index contributed by atoms with van der Waals surface area (Å²) < 4.78 is 68.4. The number of aliphatic hydroxyl groups is 1. The minimum atomic E-state index is -4.97. The van der Waals surface area contributed by atoms with Gasteiger partial charge in [0, 0.05) is 25.7 Å². The van der Waals surface area contributed by atoms with Gasteiger partial charge in [0.25, 0.3) is 0 Å². The minimum absolute atomic E-state index is 0.0844. The van der Waals surface area contributed by atoms with Crippen LogP contribution in [0.4, 0.5) is 0 Å². The molecule has 5 atom stereocenters. The Labute approximate surface area is 584 Å².